The van der Waals surface area contributed by atoms with Gasteiger partial charge in [-0.05, 0) is 44.2 Å². The molecule has 1 N–H and O–H groups in total. The Morgan fingerprint density at radius 1 is 1.19 bits per heavy atom. The van der Waals surface area contributed by atoms with Crippen molar-refractivity contribution in [3.05, 3.63) is 71.4 Å². The van der Waals surface area contributed by atoms with Crippen LogP contribution in [0.2, 0.25) is 0 Å². The monoisotopic (exact) mass is 381 g/mol. The predicted octanol–water partition coefficient (Wildman–Crippen LogP) is 2.94. The van der Waals surface area contributed by atoms with Crippen LogP contribution in [0.3, 0.4) is 0 Å². The molecule has 26 heavy (non-hydrogen) atoms. The van der Waals surface area contributed by atoms with Crippen LogP contribution in [0.1, 0.15) is 23.2 Å². The molecule has 3 rings (SSSR count). The molecule has 0 aliphatic carbocycles. The summed E-state index contributed by atoms with van der Waals surface area (Å²) in [6.45, 7) is 3.44. The van der Waals surface area contributed by atoms with E-state index in [0.717, 1.165) is 29.6 Å². The van der Waals surface area contributed by atoms with Crippen molar-refractivity contribution in [1.82, 2.24) is 14.5 Å². The van der Waals surface area contributed by atoms with Crippen molar-refractivity contribution in [2.75, 3.05) is 6.54 Å². The van der Waals surface area contributed by atoms with Gasteiger partial charge in [-0.3, -0.25) is 4.68 Å². The number of rotatable bonds is 6. The van der Waals surface area contributed by atoms with E-state index in [1.54, 1.807) is 16.8 Å². The second-order valence-corrected chi connectivity index (χ2v) is 7.51. The smallest absolute Gasteiger partial charge is 0.246 e. The fourth-order valence-corrected chi connectivity index (χ4v) is 3.92. The lowest BCUT2D eigenvalue weighted by molar-refractivity contribution is 0.396. The van der Waals surface area contributed by atoms with Crippen molar-refractivity contribution >= 4 is 10.0 Å². The molecule has 138 valence electrons. The number of sulfonamides is 1. The van der Waals surface area contributed by atoms with Crippen LogP contribution < -0.4 is 4.72 Å². The summed E-state index contributed by atoms with van der Waals surface area (Å²) in [5.41, 5.74) is 1.54. The third kappa shape index (κ3) is 3.54. The van der Waals surface area contributed by atoms with Gasteiger partial charge in [-0.15, -0.1) is 0 Å². The number of benzene rings is 1. The van der Waals surface area contributed by atoms with Crippen LogP contribution in [-0.2, 0) is 10.0 Å². The van der Waals surface area contributed by atoms with Crippen molar-refractivity contribution in [3.63, 3.8) is 0 Å². The van der Waals surface area contributed by atoms with Gasteiger partial charge >= 0.3 is 0 Å². The normalized spacial score (nSPS) is 13.1. The van der Waals surface area contributed by atoms with E-state index in [9.17, 15) is 17.2 Å². The Balaban J connectivity index is 1.92. The van der Waals surface area contributed by atoms with E-state index >= 15 is 0 Å². The molecule has 0 saturated carbocycles. The van der Waals surface area contributed by atoms with E-state index in [2.05, 4.69) is 9.82 Å². The molecule has 1 aromatic carbocycles. The SMILES string of the molecule is Cc1cc(C)n(C(CNS(=O)(=O)c2c(F)cccc2F)c2ccco2)n1. The van der Waals surface area contributed by atoms with Crippen LogP contribution in [-0.4, -0.2) is 24.7 Å². The van der Waals surface area contributed by atoms with E-state index < -0.39 is 32.6 Å². The van der Waals surface area contributed by atoms with E-state index in [-0.39, 0.29) is 6.54 Å². The third-order valence-corrected chi connectivity index (χ3v) is 5.34. The van der Waals surface area contributed by atoms with Crippen LogP contribution in [0, 0.1) is 25.5 Å². The molecule has 0 aliphatic rings. The maximum atomic E-state index is 13.8. The predicted molar refractivity (Wildman–Crippen MR) is 90.1 cm³/mol. The highest BCUT2D eigenvalue weighted by Gasteiger charge is 2.27. The van der Waals surface area contributed by atoms with Crippen LogP contribution in [0.4, 0.5) is 8.78 Å². The van der Waals surface area contributed by atoms with Crippen LogP contribution in [0.15, 0.2) is 52.0 Å². The summed E-state index contributed by atoms with van der Waals surface area (Å²) in [5.74, 6) is -1.84. The molecule has 6 nitrogen and oxygen atoms in total. The summed E-state index contributed by atoms with van der Waals surface area (Å²) in [6, 6.07) is 7.46. The highest BCUT2D eigenvalue weighted by atomic mass is 32.2. The first-order chi connectivity index (χ1) is 12.3. The fourth-order valence-electron chi connectivity index (χ4n) is 2.75. The Labute approximate surface area is 149 Å². The maximum absolute atomic E-state index is 13.8. The number of halogens is 2. The summed E-state index contributed by atoms with van der Waals surface area (Å²) in [6.07, 6.45) is 1.46. The van der Waals surface area contributed by atoms with E-state index in [1.165, 1.54) is 6.26 Å². The molecule has 9 heteroatoms. The molecule has 0 spiro atoms. The Bertz CT molecular complexity index is 994. The minimum atomic E-state index is -4.40. The molecular weight excluding hydrogens is 364 g/mol. The molecule has 1 atom stereocenters. The maximum Gasteiger partial charge on any atom is 0.246 e. The number of aromatic nitrogens is 2. The Morgan fingerprint density at radius 2 is 1.88 bits per heavy atom. The Kier molecular flexibility index (Phi) is 4.92. The van der Waals surface area contributed by atoms with Crippen molar-refractivity contribution in [2.24, 2.45) is 0 Å². The standard InChI is InChI=1S/C17H17F2N3O3S/c1-11-9-12(2)22(21-11)15(16-7-4-8-25-16)10-20-26(23,24)17-13(18)5-3-6-14(17)19/h3-9,15,20H,10H2,1-2H3. The van der Waals surface area contributed by atoms with Gasteiger partial charge in [-0.25, -0.2) is 21.9 Å². The van der Waals surface area contributed by atoms with Crippen LogP contribution in [0.25, 0.3) is 0 Å². The lowest BCUT2D eigenvalue weighted by Crippen LogP contribution is -2.33. The minimum absolute atomic E-state index is 0.189. The lowest BCUT2D eigenvalue weighted by atomic mass is 10.2. The topological polar surface area (TPSA) is 77.1 Å². The van der Waals surface area contributed by atoms with Crippen molar-refractivity contribution in [2.45, 2.75) is 24.8 Å². The zero-order chi connectivity index (χ0) is 18.9. The second-order valence-electron chi connectivity index (χ2n) is 5.81. The molecule has 1 unspecified atom stereocenters. The van der Waals surface area contributed by atoms with Gasteiger partial charge < -0.3 is 4.42 Å². The molecule has 2 aromatic heterocycles. The number of hydrogen-bond acceptors (Lipinski definition) is 4. The van der Waals surface area contributed by atoms with Crippen molar-refractivity contribution < 1.29 is 21.6 Å². The van der Waals surface area contributed by atoms with Gasteiger partial charge in [-0.2, -0.15) is 5.10 Å². The number of furan rings is 1. The minimum Gasteiger partial charge on any atom is -0.467 e. The summed E-state index contributed by atoms with van der Waals surface area (Å²) in [4.78, 5) is -1.01. The summed E-state index contributed by atoms with van der Waals surface area (Å²) < 4.78 is 61.8. The fraction of sp³-hybridized carbons (Fsp3) is 0.235. The zero-order valence-corrected chi connectivity index (χ0v) is 14.9. The van der Waals surface area contributed by atoms with Gasteiger partial charge in [-0.1, -0.05) is 6.07 Å². The average molecular weight is 381 g/mol. The van der Waals surface area contributed by atoms with Gasteiger partial charge in [0.15, 0.2) is 4.90 Å². The number of aryl methyl sites for hydroxylation is 2. The molecule has 0 fully saturated rings. The molecular formula is C17H17F2N3O3S. The summed E-state index contributed by atoms with van der Waals surface area (Å²) in [5, 5.41) is 4.35. The number of hydrogen-bond donors (Lipinski definition) is 1. The van der Waals surface area contributed by atoms with Crippen LogP contribution >= 0.6 is 0 Å². The van der Waals surface area contributed by atoms with Gasteiger partial charge in [0.25, 0.3) is 0 Å². The molecule has 3 aromatic rings. The van der Waals surface area contributed by atoms with E-state index in [0.29, 0.717) is 5.76 Å². The average Bonchev–Trinajstić information content (AvgIpc) is 3.18. The van der Waals surface area contributed by atoms with Gasteiger partial charge in [0.05, 0.1) is 12.0 Å². The highest BCUT2D eigenvalue weighted by Crippen LogP contribution is 2.22. The quantitative estimate of drug-likeness (QED) is 0.712. The first kappa shape index (κ1) is 18.3. The second kappa shape index (κ2) is 7.00. The first-order valence-corrected chi connectivity index (χ1v) is 9.28. The molecule has 0 amide bonds. The molecule has 0 saturated heterocycles. The molecule has 0 aliphatic heterocycles. The summed E-state index contributed by atoms with van der Waals surface area (Å²) in [7, 11) is -4.40. The van der Waals surface area contributed by atoms with Gasteiger partial charge in [0.1, 0.15) is 23.4 Å². The Morgan fingerprint density at radius 3 is 2.42 bits per heavy atom. The van der Waals surface area contributed by atoms with Gasteiger partial charge in [0.2, 0.25) is 10.0 Å². The zero-order valence-electron chi connectivity index (χ0n) is 14.1. The van der Waals surface area contributed by atoms with Crippen molar-refractivity contribution in [1.29, 1.82) is 0 Å². The highest BCUT2D eigenvalue weighted by molar-refractivity contribution is 7.89. The molecule has 2 heterocycles. The summed E-state index contributed by atoms with van der Waals surface area (Å²) >= 11 is 0. The number of nitrogens with one attached hydrogen (secondary N) is 1. The van der Waals surface area contributed by atoms with Crippen molar-refractivity contribution in [3.8, 4) is 0 Å². The van der Waals surface area contributed by atoms with E-state index in [1.807, 2.05) is 19.9 Å². The van der Waals surface area contributed by atoms with E-state index in [4.69, 9.17) is 4.42 Å². The Hall–Kier alpha value is -2.52. The van der Waals surface area contributed by atoms with Crippen LogP contribution in [0.5, 0.6) is 0 Å². The number of nitrogens with zero attached hydrogens (tertiary/aromatic N) is 2. The first-order valence-electron chi connectivity index (χ1n) is 7.79. The molecule has 0 radical (unpaired) electrons. The lowest BCUT2D eigenvalue weighted by Gasteiger charge is -2.18. The molecule has 0 bridgehead atoms. The van der Waals surface area contributed by atoms with Gasteiger partial charge in [0, 0.05) is 12.2 Å². The largest absolute Gasteiger partial charge is 0.467 e. The third-order valence-electron chi connectivity index (χ3n) is 3.87.